The molecular weight excluding hydrogens is 400 g/mol. The SMILES string of the molecule is CC(C)(C)OC(=O)N1C=CC(c2ccc3c(n2)CN(C2CCC(=O)NC2=O)C3=O)CC1. The van der Waals surface area contributed by atoms with E-state index in [1.165, 1.54) is 4.90 Å². The van der Waals surface area contributed by atoms with Crippen molar-refractivity contribution in [1.29, 1.82) is 0 Å². The number of carbonyl (C=O) groups excluding carboxylic acids is 4. The number of piperidine rings is 1. The number of fused-ring (bicyclic) bond motifs is 1. The Morgan fingerprint density at radius 1 is 1.19 bits per heavy atom. The Labute approximate surface area is 180 Å². The third-order valence-electron chi connectivity index (χ3n) is 5.58. The van der Waals surface area contributed by atoms with E-state index in [0.29, 0.717) is 30.6 Å². The van der Waals surface area contributed by atoms with Gasteiger partial charge in [0.05, 0.1) is 17.8 Å². The molecule has 0 saturated carbocycles. The van der Waals surface area contributed by atoms with Crippen molar-refractivity contribution in [3.63, 3.8) is 0 Å². The van der Waals surface area contributed by atoms with Crippen molar-refractivity contribution in [2.75, 3.05) is 6.54 Å². The summed E-state index contributed by atoms with van der Waals surface area (Å²) in [6.45, 7) is 6.24. The third kappa shape index (κ3) is 4.30. The Morgan fingerprint density at radius 3 is 2.61 bits per heavy atom. The number of nitrogens with one attached hydrogen (secondary N) is 1. The zero-order chi connectivity index (χ0) is 22.3. The number of aromatic nitrogens is 1. The van der Waals surface area contributed by atoms with Gasteiger partial charge in [-0.15, -0.1) is 0 Å². The molecule has 4 rings (SSSR count). The van der Waals surface area contributed by atoms with Gasteiger partial charge in [0.15, 0.2) is 0 Å². The van der Waals surface area contributed by atoms with Crippen molar-refractivity contribution in [2.45, 2.75) is 64.1 Å². The fraction of sp³-hybridized carbons (Fsp3) is 0.500. The molecule has 1 fully saturated rings. The van der Waals surface area contributed by atoms with E-state index in [1.807, 2.05) is 32.9 Å². The first-order chi connectivity index (χ1) is 14.6. The van der Waals surface area contributed by atoms with Crippen LogP contribution in [0.5, 0.6) is 0 Å². The molecule has 0 radical (unpaired) electrons. The van der Waals surface area contributed by atoms with Gasteiger partial charge >= 0.3 is 6.09 Å². The van der Waals surface area contributed by atoms with E-state index >= 15 is 0 Å². The highest BCUT2D eigenvalue weighted by atomic mass is 16.6. The smallest absolute Gasteiger partial charge is 0.414 e. The quantitative estimate of drug-likeness (QED) is 0.726. The van der Waals surface area contributed by atoms with Gasteiger partial charge in [-0.2, -0.15) is 0 Å². The number of pyridine rings is 1. The lowest BCUT2D eigenvalue weighted by Crippen LogP contribution is -2.52. The molecule has 2 atom stereocenters. The van der Waals surface area contributed by atoms with Gasteiger partial charge in [0.25, 0.3) is 5.91 Å². The normalized spacial score (nSPS) is 23.6. The van der Waals surface area contributed by atoms with Crippen molar-refractivity contribution in [3.8, 4) is 0 Å². The summed E-state index contributed by atoms with van der Waals surface area (Å²) in [6, 6.07) is 2.92. The molecule has 4 amide bonds. The maximum Gasteiger partial charge on any atom is 0.414 e. The fourth-order valence-corrected chi connectivity index (χ4v) is 4.03. The van der Waals surface area contributed by atoms with E-state index < -0.39 is 17.6 Å². The van der Waals surface area contributed by atoms with Crippen LogP contribution in [0.1, 0.15) is 67.7 Å². The highest BCUT2D eigenvalue weighted by molar-refractivity contribution is 6.05. The summed E-state index contributed by atoms with van der Waals surface area (Å²) in [4.78, 5) is 56.3. The van der Waals surface area contributed by atoms with Gasteiger partial charge in [-0.05, 0) is 45.7 Å². The zero-order valence-electron chi connectivity index (χ0n) is 17.9. The average Bonchev–Trinajstić information content (AvgIpc) is 3.02. The number of carbonyl (C=O) groups is 4. The molecular formula is C22H26N4O5. The molecule has 4 heterocycles. The molecule has 1 aromatic heterocycles. The predicted molar refractivity (Wildman–Crippen MR) is 110 cm³/mol. The van der Waals surface area contributed by atoms with E-state index in [1.54, 1.807) is 17.2 Å². The Bertz CT molecular complexity index is 981. The largest absolute Gasteiger partial charge is 0.443 e. The van der Waals surface area contributed by atoms with Crippen molar-refractivity contribution in [1.82, 2.24) is 20.1 Å². The van der Waals surface area contributed by atoms with E-state index in [0.717, 1.165) is 5.69 Å². The standard InChI is InChI=1S/C22H26N4O5/c1-22(2,3)31-21(30)25-10-8-13(9-11-25)15-5-4-14-16(23-15)12-26(20(14)29)17-6-7-18(27)24-19(17)28/h4-5,8,10,13,17H,6-7,9,11-12H2,1-3H3,(H,24,27,28). The molecule has 0 aliphatic carbocycles. The lowest BCUT2D eigenvalue weighted by Gasteiger charge is -2.29. The number of ether oxygens (including phenoxy) is 1. The van der Waals surface area contributed by atoms with Crippen LogP contribution in [0.25, 0.3) is 0 Å². The van der Waals surface area contributed by atoms with E-state index in [4.69, 9.17) is 9.72 Å². The summed E-state index contributed by atoms with van der Waals surface area (Å²) in [5, 5.41) is 2.30. The summed E-state index contributed by atoms with van der Waals surface area (Å²) in [5.41, 5.74) is 1.39. The first-order valence-electron chi connectivity index (χ1n) is 10.4. The Kier molecular flexibility index (Phi) is 5.28. The zero-order valence-corrected chi connectivity index (χ0v) is 17.9. The van der Waals surface area contributed by atoms with Gasteiger partial charge < -0.3 is 9.64 Å². The molecule has 0 aromatic carbocycles. The summed E-state index contributed by atoms with van der Waals surface area (Å²) < 4.78 is 5.40. The van der Waals surface area contributed by atoms with E-state index in [9.17, 15) is 19.2 Å². The van der Waals surface area contributed by atoms with E-state index in [2.05, 4.69) is 5.32 Å². The molecule has 9 heteroatoms. The average molecular weight is 426 g/mol. The van der Waals surface area contributed by atoms with Crippen LogP contribution in [0.15, 0.2) is 24.4 Å². The summed E-state index contributed by atoms with van der Waals surface area (Å²) in [7, 11) is 0. The van der Waals surface area contributed by atoms with Crippen LogP contribution in [0.2, 0.25) is 0 Å². The van der Waals surface area contributed by atoms with Crippen molar-refractivity contribution >= 4 is 23.8 Å². The van der Waals surface area contributed by atoms with Crippen molar-refractivity contribution in [3.05, 3.63) is 41.4 Å². The maximum atomic E-state index is 12.8. The number of imide groups is 1. The van der Waals surface area contributed by atoms with Crippen LogP contribution in [-0.4, -0.2) is 56.8 Å². The highest BCUT2D eigenvalue weighted by Gasteiger charge is 2.40. The molecule has 0 spiro atoms. The van der Waals surface area contributed by atoms with Crippen LogP contribution < -0.4 is 5.32 Å². The number of allylic oxidation sites excluding steroid dienone is 1. The molecule has 1 saturated heterocycles. The van der Waals surface area contributed by atoms with E-state index in [-0.39, 0.29) is 36.8 Å². The summed E-state index contributed by atoms with van der Waals surface area (Å²) in [6.07, 6.45) is 4.48. The molecule has 2 unspecified atom stereocenters. The third-order valence-corrected chi connectivity index (χ3v) is 5.58. The van der Waals surface area contributed by atoms with Crippen molar-refractivity contribution in [2.24, 2.45) is 0 Å². The molecule has 3 aliphatic heterocycles. The summed E-state index contributed by atoms with van der Waals surface area (Å²) in [5.74, 6) is -0.965. The van der Waals surface area contributed by atoms with Gasteiger partial charge in [0.2, 0.25) is 11.8 Å². The van der Waals surface area contributed by atoms with Crippen LogP contribution >= 0.6 is 0 Å². The van der Waals surface area contributed by atoms with Gasteiger partial charge in [-0.1, -0.05) is 6.08 Å². The molecule has 0 bridgehead atoms. The second-order valence-electron chi connectivity index (χ2n) is 9.04. The minimum Gasteiger partial charge on any atom is -0.443 e. The molecule has 9 nitrogen and oxygen atoms in total. The minimum absolute atomic E-state index is 0.0174. The molecule has 1 aromatic rings. The number of hydrogen-bond donors (Lipinski definition) is 1. The van der Waals surface area contributed by atoms with Crippen LogP contribution in [0.4, 0.5) is 4.79 Å². The Balaban J connectivity index is 1.46. The topological polar surface area (TPSA) is 109 Å². The Hall–Kier alpha value is -3.23. The molecule has 164 valence electrons. The first kappa shape index (κ1) is 21.0. The predicted octanol–water partition coefficient (Wildman–Crippen LogP) is 2.08. The molecule has 31 heavy (non-hydrogen) atoms. The lowest BCUT2D eigenvalue weighted by molar-refractivity contribution is -0.136. The van der Waals surface area contributed by atoms with Crippen LogP contribution in [0.3, 0.4) is 0 Å². The monoisotopic (exact) mass is 426 g/mol. The lowest BCUT2D eigenvalue weighted by atomic mass is 9.97. The number of amides is 4. The number of nitrogens with zero attached hydrogens (tertiary/aromatic N) is 3. The van der Waals surface area contributed by atoms with Crippen LogP contribution in [0, 0.1) is 0 Å². The second-order valence-corrected chi connectivity index (χ2v) is 9.04. The minimum atomic E-state index is -0.653. The highest BCUT2D eigenvalue weighted by Crippen LogP contribution is 2.30. The van der Waals surface area contributed by atoms with Gasteiger partial charge in [0, 0.05) is 30.8 Å². The Morgan fingerprint density at radius 2 is 1.97 bits per heavy atom. The maximum absolute atomic E-state index is 12.8. The van der Waals surface area contributed by atoms with Crippen molar-refractivity contribution < 1.29 is 23.9 Å². The van der Waals surface area contributed by atoms with Gasteiger partial charge in [0.1, 0.15) is 11.6 Å². The fourth-order valence-electron chi connectivity index (χ4n) is 4.03. The molecule has 1 N–H and O–H groups in total. The van der Waals surface area contributed by atoms with Crippen LogP contribution in [-0.2, 0) is 20.9 Å². The second kappa shape index (κ2) is 7.79. The molecule has 3 aliphatic rings. The number of hydrogen-bond acceptors (Lipinski definition) is 6. The number of rotatable bonds is 2. The summed E-state index contributed by atoms with van der Waals surface area (Å²) >= 11 is 0. The first-order valence-corrected chi connectivity index (χ1v) is 10.4. The van der Waals surface area contributed by atoms with Gasteiger partial charge in [-0.25, -0.2) is 4.79 Å². The van der Waals surface area contributed by atoms with Gasteiger partial charge in [-0.3, -0.25) is 29.6 Å².